The fourth-order valence-corrected chi connectivity index (χ4v) is 8.65. The van der Waals surface area contributed by atoms with Crippen molar-refractivity contribution in [3.8, 4) is 11.1 Å². The number of nitrogens with zero attached hydrogens (tertiary/aromatic N) is 1. The van der Waals surface area contributed by atoms with Crippen LogP contribution in [0.3, 0.4) is 0 Å². The van der Waals surface area contributed by atoms with Crippen LogP contribution in [-0.2, 0) is 56.0 Å². The van der Waals surface area contributed by atoms with Gasteiger partial charge in [0, 0.05) is 17.7 Å². The Labute approximate surface area is 425 Å². The van der Waals surface area contributed by atoms with Crippen molar-refractivity contribution >= 4 is 28.0 Å². The van der Waals surface area contributed by atoms with Crippen LogP contribution in [-0.4, -0.2) is 6.15 Å². The normalized spacial score (nSPS) is 13.3. The minimum absolute atomic E-state index is 0.691. The summed E-state index contributed by atoms with van der Waals surface area (Å²) in [5.41, 5.74) is -23.7. The van der Waals surface area contributed by atoms with E-state index in [0.717, 1.165) is 6.54 Å². The van der Waals surface area contributed by atoms with Crippen LogP contribution >= 0.6 is 0 Å². The lowest BCUT2D eigenvalue weighted by molar-refractivity contribution is -0.688. The minimum atomic E-state index is -6.13. The van der Waals surface area contributed by atoms with Crippen molar-refractivity contribution in [2.75, 3.05) is 0 Å². The number of pyridine rings is 1. The van der Waals surface area contributed by atoms with Crippen molar-refractivity contribution in [1.29, 1.82) is 0 Å². The third-order valence-electron chi connectivity index (χ3n) is 12.2. The first-order chi connectivity index (χ1) is 35.5. The van der Waals surface area contributed by atoms with Gasteiger partial charge in [-0.3, -0.25) is 0 Å². The fourth-order valence-electron chi connectivity index (χ4n) is 8.65. The highest BCUT2D eigenvalue weighted by molar-refractivity contribution is 7.20. The molecule has 0 radical (unpaired) electrons. The lowest BCUT2D eigenvalue weighted by Gasteiger charge is -2.46. The molecule has 416 valence electrons. The van der Waals surface area contributed by atoms with Gasteiger partial charge in [-0.2, -0.15) is 127 Å². The largest absolute Gasteiger partial charge is 0.416 e. The van der Waals surface area contributed by atoms with E-state index in [1.165, 1.54) is 27.8 Å². The van der Waals surface area contributed by atoms with E-state index in [4.69, 9.17) is 0 Å². The molecule has 6 aromatic carbocycles. The maximum atomic E-state index is 14.2. The van der Waals surface area contributed by atoms with Gasteiger partial charge in [-0.15, -0.1) is 0 Å². The Hall–Kier alpha value is -7.15. The molecule has 26 heteroatoms. The molecule has 0 bridgehead atoms. The van der Waals surface area contributed by atoms with Crippen LogP contribution in [0.1, 0.15) is 61.2 Å². The van der Waals surface area contributed by atoms with Gasteiger partial charge in [0.2, 0.25) is 0 Å². The maximum absolute atomic E-state index is 14.2. The average Bonchev–Trinajstić information content (AvgIpc) is 3.48. The van der Waals surface area contributed by atoms with Crippen molar-refractivity contribution < 1.29 is 110 Å². The first kappa shape index (κ1) is 60.1. The third kappa shape index (κ3) is 13.7. The van der Waals surface area contributed by atoms with Crippen LogP contribution in [0, 0.1) is 13.8 Å². The van der Waals surface area contributed by atoms with Crippen LogP contribution < -0.4 is 26.4 Å². The molecule has 78 heavy (non-hydrogen) atoms. The lowest BCUT2D eigenvalue weighted by Crippen LogP contribution is -2.75. The highest BCUT2D eigenvalue weighted by atomic mass is 19.4. The van der Waals surface area contributed by atoms with E-state index in [9.17, 15) is 105 Å². The van der Waals surface area contributed by atoms with E-state index in [1.807, 2.05) is 0 Å². The summed E-state index contributed by atoms with van der Waals surface area (Å²) in [4.78, 5) is 0. The summed E-state index contributed by atoms with van der Waals surface area (Å²) in [5, 5.41) is 0. The van der Waals surface area contributed by atoms with Crippen molar-refractivity contribution in [2.24, 2.45) is 0 Å². The Kier molecular flexibility index (Phi) is 16.1. The standard InChI is InChI=1S/C32H12BF24.C20H20N/c34-25(35,36)13-1-14(26(37,38)39)6-21(5-13)33(22-7-15(27(40,41)42)2-16(8-22)28(43,44)45,23-9-17(29(46,47)48)3-18(10-23)30(49,50)51)24-11-19(31(52,53)54)4-20(12-24)32(55,56)57;1-16-8-9-17(2)20(14-16)19-10-12-21(13-11-19)15-18-6-4-3-5-7-18/h1-12H;3-14H,15H2,1-2H3/q-1;+1. The van der Waals surface area contributed by atoms with Crippen LogP contribution in [0.15, 0.2) is 146 Å². The quantitative estimate of drug-likeness (QED) is 0.0851. The predicted molar refractivity (Wildman–Crippen MR) is 237 cm³/mol. The zero-order valence-corrected chi connectivity index (χ0v) is 39.2. The smallest absolute Gasteiger partial charge is 0.201 e. The molecule has 0 saturated carbocycles. The summed E-state index contributed by atoms with van der Waals surface area (Å²) in [5.74, 6) is 0. The maximum Gasteiger partial charge on any atom is 0.416 e. The molecule has 0 N–H and O–H groups in total. The molecule has 0 atom stereocenters. The first-order valence-corrected chi connectivity index (χ1v) is 21.9. The lowest BCUT2D eigenvalue weighted by atomic mass is 9.12. The summed E-state index contributed by atoms with van der Waals surface area (Å²) in [6.07, 6.45) is -50.5. The molecule has 0 amide bonds. The number of hydrogen-bond donors (Lipinski definition) is 0. The number of aryl methyl sites for hydroxylation is 2. The zero-order chi connectivity index (χ0) is 58.6. The fraction of sp³-hybridized carbons (Fsp3) is 0.212. The molecule has 7 aromatic rings. The van der Waals surface area contributed by atoms with Crippen LogP contribution in [0.4, 0.5) is 105 Å². The van der Waals surface area contributed by atoms with Crippen molar-refractivity contribution in [2.45, 2.75) is 69.8 Å². The second-order valence-electron chi connectivity index (χ2n) is 17.8. The molecular weight excluding hydrogens is 1110 g/mol. The molecule has 0 saturated heterocycles. The van der Waals surface area contributed by atoms with Gasteiger partial charge in [-0.25, -0.2) is 4.57 Å². The highest BCUT2D eigenvalue weighted by Gasteiger charge is 2.47. The first-order valence-electron chi connectivity index (χ1n) is 21.9. The molecule has 0 aliphatic carbocycles. The van der Waals surface area contributed by atoms with Gasteiger partial charge in [0.15, 0.2) is 18.9 Å². The van der Waals surface area contributed by atoms with Crippen LogP contribution in [0.25, 0.3) is 11.1 Å². The second-order valence-corrected chi connectivity index (χ2v) is 17.8. The summed E-state index contributed by atoms with van der Waals surface area (Å²) < 4.78 is 343. The molecule has 0 fully saturated rings. The summed E-state index contributed by atoms with van der Waals surface area (Å²) >= 11 is 0. The average molecular weight is 1140 g/mol. The summed E-state index contributed by atoms with van der Waals surface area (Å²) in [6.45, 7) is 5.22. The minimum Gasteiger partial charge on any atom is -0.201 e. The SMILES string of the molecule is Cc1ccc(C)c(-c2cc[n+](Cc3ccccc3)cc2)c1.FC(F)(F)c1cc([B-](c2cc(C(F)(F)F)cc(C(F)(F)F)c2)(c2cc(C(F)(F)F)cc(C(F)(F)F)c2)c2cc(C(F)(F)F)cc(C(F)(F)F)c2)cc(C(F)(F)F)c1. The summed E-state index contributed by atoms with van der Waals surface area (Å²) in [7, 11) is 0. The second kappa shape index (κ2) is 20.9. The zero-order valence-electron chi connectivity index (χ0n) is 39.2. The van der Waals surface area contributed by atoms with Gasteiger partial charge < -0.3 is 0 Å². The Bertz CT molecular complexity index is 2830. The molecule has 0 aliphatic rings. The van der Waals surface area contributed by atoms with E-state index in [-0.39, 0.29) is 0 Å². The summed E-state index contributed by atoms with van der Waals surface area (Å²) in [6, 6.07) is 12.7. The van der Waals surface area contributed by atoms with Crippen molar-refractivity contribution in [3.63, 3.8) is 0 Å². The Balaban J connectivity index is 0.000000387. The molecule has 7 rings (SSSR count). The molecule has 1 heterocycles. The molecule has 0 spiro atoms. The molecule has 1 nitrogen and oxygen atoms in total. The number of benzene rings is 6. The Morgan fingerprint density at radius 3 is 0.846 bits per heavy atom. The topological polar surface area (TPSA) is 3.88 Å². The predicted octanol–water partition coefficient (Wildman–Crippen LogP) is 15.5. The molecule has 1 aromatic heterocycles. The van der Waals surface area contributed by atoms with Crippen LogP contribution in [0.5, 0.6) is 0 Å². The van der Waals surface area contributed by atoms with E-state index < -0.39 is 195 Å². The number of hydrogen-bond acceptors (Lipinski definition) is 0. The van der Waals surface area contributed by atoms with E-state index in [0.29, 0.717) is 0 Å². The number of aromatic nitrogens is 1. The van der Waals surface area contributed by atoms with E-state index >= 15 is 0 Å². The van der Waals surface area contributed by atoms with Crippen LogP contribution in [0.2, 0.25) is 0 Å². The monoisotopic (exact) mass is 1140 g/mol. The molecule has 0 aliphatic heterocycles. The number of rotatable bonds is 7. The van der Waals surface area contributed by atoms with E-state index in [2.05, 4.69) is 91.5 Å². The van der Waals surface area contributed by atoms with Gasteiger partial charge in [0.1, 0.15) is 6.15 Å². The Morgan fingerprint density at radius 1 is 0.321 bits per heavy atom. The van der Waals surface area contributed by atoms with Gasteiger partial charge in [-0.05, 0) is 54.8 Å². The van der Waals surface area contributed by atoms with Crippen molar-refractivity contribution in [1.82, 2.24) is 0 Å². The Morgan fingerprint density at radius 2 is 0.590 bits per heavy atom. The number of halogens is 24. The molecule has 0 unspecified atom stereocenters. The highest BCUT2D eigenvalue weighted by Crippen LogP contribution is 2.41. The van der Waals surface area contributed by atoms with Gasteiger partial charge in [0.25, 0.3) is 0 Å². The van der Waals surface area contributed by atoms with Gasteiger partial charge in [-0.1, -0.05) is 103 Å². The number of alkyl halides is 24. The van der Waals surface area contributed by atoms with Gasteiger partial charge >= 0.3 is 49.4 Å². The third-order valence-corrected chi connectivity index (χ3v) is 12.2. The van der Waals surface area contributed by atoms with Gasteiger partial charge in [0.05, 0.1) is 44.5 Å². The molecular formula is C52H32BF24N. The van der Waals surface area contributed by atoms with E-state index in [1.54, 1.807) is 0 Å². The van der Waals surface area contributed by atoms with Crippen molar-refractivity contribution in [3.05, 3.63) is 207 Å².